The minimum atomic E-state index is -0.963. The third-order valence-corrected chi connectivity index (χ3v) is 5.98. The van der Waals surface area contributed by atoms with Crippen molar-refractivity contribution in [3.63, 3.8) is 0 Å². The molecule has 3 rings (SSSR count). The molecule has 0 aliphatic carbocycles. The van der Waals surface area contributed by atoms with E-state index in [-0.39, 0.29) is 18.1 Å². The molecule has 28 heavy (non-hydrogen) atoms. The molecule has 0 saturated carbocycles. The minimum Gasteiger partial charge on any atom is -0.497 e. The van der Waals surface area contributed by atoms with Gasteiger partial charge in [-0.25, -0.2) is 4.79 Å². The lowest BCUT2D eigenvalue weighted by atomic mass is 9.84. The van der Waals surface area contributed by atoms with E-state index in [9.17, 15) is 14.0 Å². The van der Waals surface area contributed by atoms with Crippen LogP contribution in [0.3, 0.4) is 0 Å². The Morgan fingerprint density at radius 1 is 1.21 bits per heavy atom. The summed E-state index contributed by atoms with van der Waals surface area (Å²) < 4.78 is 27.9. The first-order chi connectivity index (χ1) is 13.3. The van der Waals surface area contributed by atoms with Gasteiger partial charge in [-0.3, -0.25) is 13.9 Å². The average Bonchev–Trinajstić information content (AvgIpc) is 3.05. The third-order valence-electron chi connectivity index (χ3n) is 5.98. The van der Waals surface area contributed by atoms with E-state index in [1.807, 2.05) is 0 Å². The van der Waals surface area contributed by atoms with E-state index < -0.39 is 23.3 Å². The molecule has 0 amide bonds. The average molecular weight is 390 g/mol. The van der Waals surface area contributed by atoms with Gasteiger partial charge in [-0.05, 0) is 42.9 Å². The maximum Gasteiger partial charge on any atom is 0.333 e. The van der Waals surface area contributed by atoms with Crippen molar-refractivity contribution in [3.05, 3.63) is 62.7 Å². The summed E-state index contributed by atoms with van der Waals surface area (Å²) in [5.41, 5.74) is -1.13. The summed E-state index contributed by atoms with van der Waals surface area (Å²) in [6.07, 6.45) is 2.61. The Labute approximate surface area is 163 Å². The number of halogens is 1. The molecule has 1 aliphatic heterocycles. The number of nitrogens with zero attached hydrogens (tertiary/aromatic N) is 2. The van der Waals surface area contributed by atoms with Gasteiger partial charge >= 0.3 is 5.69 Å². The van der Waals surface area contributed by atoms with Crippen LogP contribution in [-0.4, -0.2) is 21.8 Å². The van der Waals surface area contributed by atoms with E-state index in [4.69, 9.17) is 9.47 Å². The minimum absolute atomic E-state index is 0.0195. The lowest BCUT2D eigenvalue weighted by Gasteiger charge is -2.30. The zero-order valence-electron chi connectivity index (χ0n) is 16.8. The van der Waals surface area contributed by atoms with Gasteiger partial charge in [-0.1, -0.05) is 32.9 Å². The van der Waals surface area contributed by atoms with Crippen LogP contribution >= 0.6 is 0 Å². The molecular weight excluding hydrogens is 363 g/mol. The number of benzene rings is 1. The summed E-state index contributed by atoms with van der Waals surface area (Å²) in [6, 6.07) is 6.95. The van der Waals surface area contributed by atoms with Crippen molar-refractivity contribution in [1.29, 1.82) is 0 Å². The van der Waals surface area contributed by atoms with Gasteiger partial charge in [0.2, 0.25) is 5.82 Å². The third kappa shape index (κ3) is 3.51. The zero-order chi connectivity index (χ0) is 20.5. The Bertz CT molecular complexity index is 944. The molecule has 1 saturated heterocycles. The highest BCUT2D eigenvalue weighted by atomic mass is 19.1. The van der Waals surface area contributed by atoms with Crippen LogP contribution in [0.15, 0.2) is 40.1 Å². The van der Waals surface area contributed by atoms with Crippen molar-refractivity contribution < 1.29 is 13.9 Å². The normalized spacial score (nSPS) is 21.0. The van der Waals surface area contributed by atoms with Gasteiger partial charge < -0.3 is 9.47 Å². The molecule has 7 heteroatoms. The van der Waals surface area contributed by atoms with Crippen LogP contribution < -0.4 is 16.0 Å². The molecule has 2 aromatic rings. The van der Waals surface area contributed by atoms with Crippen molar-refractivity contribution in [2.45, 2.75) is 58.4 Å². The molecule has 0 spiro atoms. The Morgan fingerprint density at radius 3 is 2.39 bits per heavy atom. The van der Waals surface area contributed by atoms with Crippen LogP contribution in [-0.2, 0) is 11.3 Å². The van der Waals surface area contributed by atoms with Crippen LogP contribution in [0.1, 0.15) is 51.8 Å². The van der Waals surface area contributed by atoms with Crippen LogP contribution in [0.2, 0.25) is 0 Å². The number of ether oxygens (including phenoxy) is 2. The second kappa shape index (κ2) is 7.91. The van der Waals surface area contributed by atoms with Crippen LogP contribution in [0.5, 0.6) is 5.75 Å². The molecular formula is C21H27FN2O4. The summed E-state index contributed by atoms with van der Waals surface area (Å²) in [6.45, 7) is 6.17. The van der Waals surface area contributed by atoms with E-state index in [2.05, 4.69) is 20.8 Å². The molecule has 0 unspecified atom stereocenters. The van der Waals surface area contributed by atoms with Crippen LogP contribution in [0.25, 0.3) is 0 Å². The fraction of sp³-hybridized carbons (Fsp3) is 0.524. The molecule has 6 nitrogen and oxygen atoms in total. The molecule has 0 bridgehead atoms. The Hall–Kier alpha value is -2.41. The van der Waals surface area contributed by atoms with Gasteiger partial charge in [0, 0.05) is 0 Å². The van der Waals surface area contributed by atoms with E-state index in [0.717, 1.165) is 23.6 Å². The van der Waals surface area contributed by atoms with Crippen LogP contribution in [0, 0.1) is 11.7 Å². The smallest absolute Gasteiger partial charge is 0.333 e. The highest BCUT2D eigenvalue weighted by Crippen LogP contribution is 2.44. The lowest BCUT2D eigenvalue weighted by molar-refractivity contribution is -0.0896. The number of aromatic nitrogens is 2. The second-order valence-electron chi connectivity index (χ2n) is 7.39. The fourth-order valence-electron chi connectivity index (χ4n) is 4.08. The second-order valence-corrected chi connectivity index (χ2v) is 7.39. The predicted octanol–water partition coefficient (Wildman–Crippen LogP) is 3.32. The van der Waals surface area contributed by atoms with Gasteiger partial charge in [0.05, 0.1) is 25.5 Å². The Kier molecular flexibility index (Phi) is 5.74. The van der Waals surface area contributed by atoms with Crippen molar-refractivity contribution in [2.75, 3.05) is 7.11 Å². The zero-order valence-corrected chi connectivity index (χ0v) is 16.8. The van der Waals surface area contributed by atoms with Crippen molar-refractivity contribution in [3.8, 4) is 5.75 Å². The first-order valence-corrected chi connectivity index (χ1v) is 9.67. The van der Waals surface area contributed by atoms with E-state index in [0.29, 0.717) is 17.7 Å². The van der Waals surface area contributed by atoms with Crippen molar-refractivity contribution in [1.82, 2.24) is 9.13 Å². The predicted molar refractivity (Wildman–Crippen MR) is 104 cm³/mol. The summed E-state index contributed by atoms with van der Waals surface area (Å²) in [5.74, 6) is -0.0733. The van der Waals surface area contributed by atoms with Crippen molar-refractivity contribution >= 4 is 0 Å². The standard InChI is InChI=1S/C21H27FN2O4/c1-5-21(6-2)14(3)11-18(28-21)23-13-17(22)19(25)24(20(23)26)12-15-7-9-16(27-4)10-8-15/h7-10,13-14,18H,5-6,11-12H2,1-4H3/t14-,18+/m0/s1. The quantitative estimate of drug-likeness (QED) is 0.759. The first kappa shape index (κ1) is 20.3. The van der Waals surface area contributed by atoms with Gasteiger partial charge in [-0.2, -0.15) is 4.39 Å². The van der Waals surface area contributed by atoms with E-state index >= 15 is 0 Å². The number of hydrogen-bond acceptors (Lipinski definition) is 4. The largest absolute Gasteiger partial charge is 0.497 e. The first-order valence-electron chi connectivity index (χ1n) is 9.67. The molecule has 1 aromatic heterocycles. The molecule has 2 atom stereocenters. The molecule has 152 valence electrons. The van der Waals surface area contributed by atoms with Gasteiger partial charge in [0.15, 0.2) is 0 Å². The summed E-state index contributed by atoms with van der Waals surface area (Å²) >= 11 is 0. The number of hydrogen-bond donors (Lipinski definition) is 0. The SMILES string of the molecule is CCC1(CC)O[C@@H](n2cc(F)c(=O)n(Cc3ccc(OC)cc3)c2=O)C[C@@H]1C. The number of rotatable bonds is 6. The van der Waals surface area contributed by atoms with Gasteiger partial charge in [-0.15, -0.1) is 0 Å². The molecule has 1 fully saturated rings. The van der Waals surface area contributed by atoms with E-state index in [1.54, 1.807) is 31.4 Å². The Morgan fingerprint density at radius 2 is 1.86 bits per heavy atom. The summed E-state index contributed by atoms with van der Waals surface area (Å²) in [4.78, 5) is 25.3. The molecule has 1 aromatic carbocycles. The van der Waals surface area contributed by atoms with Gasteiger partial charge in [0.1, 0.15) is 12.0 Å². The van der Waals surface area contributed by atoms with Crippen molar-refractivity contribution in [2.24, 2.45) is 5.92 Å². The summed E-state index contributed by atoms with van der Waals surface area (Å²) in [5, 5.41) is 0. The molecule has 2 heterocycles. The lowest BCUT2D eigenvalue weighted by Crippen LogP contribution is -2.43. The fourth-order valence-corrected chi connectivity index (χ4v) is 4.08. The Balaban J connectivity index is 1.98. The highest BCUT2D eigenvalue weighted by molar-refractivity contribution is 5.27. The van der Waals surface area contributed by atoms with Crippen LogP contribution in [0.4, 0.5) is 4.39 Å². The maximum atomic E-state index is 14.4. The summed E-state index contributed by atoms with van der Waals surface area (Å²) in [7, 11) is 1.56. The maximum absolute atomic E-state index is 14.4. The molecule has 0 radical (unpaired) electrons. The molecule has 1 aliphatic rings. The molecule has 0 N–H and O–H groups in total. The van der Waals surface area contributed by atoms with E-state index in [1.165, 1.54) is 4.57 Å². The van der Waals surface area contributed by atoms with Gasteiger partial charge in [0.25, 0.3) is 5.56 Å². The highest BCUT2D eigenvalue weighted by Gasteiger charge is 2.44. The monoisotopic (exact) mass is 390 g/mol. The number of methoxy groups -OCH3 is 1. The topological polar surface area (TPSA) is 62.5 Å².